The van der Waals surface area contributed by atoms with Crippen LogP contribution in [0, 0.1) is 0 Å². The average Bonchev–Trinajstić information content (AvgIpc) is 1.99. The second-order valence-electron chi connectivity index (χ2n) is 1.64. The molecule has 0 aromatic heterocycles. The average molecular weight is 157 g/mol. The Morgan fingerprint density at radius 3 is 2.50 bits per heavy atom. The van der Waals surface area contributed by atoms with Crippen LogP contribution in [0.15, 0.2) is 16.8 Å². The maximum absolute atomic E-state index is 10.9. The zero-order valence-electron chi connectivity index (χ0n) is 6.16. The van der Waals surface area contributed by atoms with E-state index in [0.717, 1.165) is 0 Å². The van der Waals surface area contributed by atoms with E-state index in [1.807, 2.05) is 0 Å². The number of Topliss-reactive ketones (excluding diaryl/α,β-unsaturated/α-hetero) is 1. The van der Waals surface area contributed by atoms with Gasteiger partial charge in [-0.3, -0.25) is 9.79 Å². The summed E-state index contributed by atoms with van der Waals surface area (Å²) in [5.74, 6) is 0.181. The van der Waals surface area contributed by atoms with Gasteiger partial charge in [-0.05, 0) is 13.8 Å². The lowest BCUT2D eigenvalue weighted by molar-refractivity contribution is -0.113. The van der Waals surface area contributed by atoms with Crippen LogP contribution in [0.1, 0.15) is 13.8 Å². The largest absolute Gasteiger partial charge is 0.292 e. The normalized spacial score (nSPS) is 12.5. The molecular weight excluding hydrogens is 146 g/mol. The Kier molecular flexibility index (Phi) is 4.94. The predicted molar refractivity (Wildman–Crippen MR) is 46.8 cm³/mol. The van der Waals surface area contributed by atoms with Crippen molar-refractivity contribution in [2.24, 2.45) is 4.99 Å². The van der Waals surface area contributed by atoms with Crippen molar-refractivity contribution in [1.29, 1.82) is 0 Å². The molecular formula is C7H11NOS. The fraction of sp³-hybridized carbons (Fsp3) is 0.429. The van der Waals surface area contributed by atoms with Gasteiger partial charge < -0.3 is 0 Å². The first-order valence-corrected chi connectivity index (χ1v) is 3.68. The molecule has 0 unspecified atom stereocenters. The maximum atomic E-state index is 10.9. The molecule has 10 heavy (non-hydrogen) atoms. The van der Waals surface area contributed by atoms with E-state index in [1.54, 1.807) is 26.1 Å². The lowest BCUT2D eigenvalue weighted by Crippen LogP contribution is -2.01. The Morgan fingerprint density at radius 1 is 1.60 bits per heavy atom. The second-order valence-corrected chi connectivity index (χ2v) is 1.96. The Balaban J connectivity index is 4.23. The fourth-order valence-electron chi connectivity index (χ4n) is 0.528. The number of carbonyl (C=O) groups is 1. The number of hydrogen-bond acceptors (Lipinski definition) is 3. The molecule has 0 rings (SSSR count). The Labute approximate surface area is 66.5 Å². The molecule has 0 saturated heterocycles. The van der Waals surface area contributed by atoms with Crippen LogP contribution in [0.3, 0.4) is 0 Å². The summed E-state index contributed by atoms with van der Waals surface area (Å²) in [4.78, 5) is 14.7. The van der Waals surface area contributed by atoms with E-state index in [0.29, 0.717) is 5.70 Å². The number of aliphatic imine (C=N–C) groups is 1. The van der Waals surface area contributed by atoms with Crippen LogP contribution in [0.5, 0.6) is 0 Å². The highest BCUT2D eigenvalue weighted by Crippen LogP contribution is 1.98. The minimum atomic E-state index is -0.0380. The molecule has 0 aliphatic heterocycles. The molecule has 0 saturated carbocycles. The summed E-state index contributed by atoms with van der Waals surface area (Å²) in [5, 5.41) is 0. The molecule has 0 spiro atoms. The van der Waals surface area contributed by atoms with Crippen LogP contribution in [-0.4, -0.2) is 17.8 Å². The molecule has 0 bridgehead atoms. The molecule has 0 aliphatic rings. The zero-order valence-corrected chi connectivity index (χ0v) is 7.06. The first kappa shape index (κ1) is 9.43. The number of ketones is 1. The van der Waals surface area contributed by atoms with Crippen LogP contribution in [-0.2, 0) is 4.79 Å². The van der Waals surface area contributed by atoms with Crippen molar-refractivity contribution in [3.63, 3.8) is 0 Å². The maximum Gasteiger partial charge on any atom is 0.190 e. The first-order valence-electron chi connectivity index (χ1n) is 3.05. The van der Waals surface area contributed by atoms with Crippen molar-refractivity contribution in [3.05, 3.63) is 11.8 Å². The molecule has 2 nitrogen and oxygen atoms in total. The zero-order chi connectivity index (χ0) is 7.98. The van der Waals surface area contributed by atoms with Crippen LogP contribution in [0.2, 0.25) is 0 Å². The quantitative estimate of drug-likeness (QED) is 0.375. The number of rotatable bonds is 3. The van der Waals surface area contributed by atoms with Crippen molar-refractivity contribution in [3.8, 4) is 0 Å². The van der Waals surface area contributed by atoms with E-state index in [1.165, 1.54) is 0 Å². The van der Waals surface area contributed by atoms with Gasteiger partial charge in [0.15, 0.2) is 5.78 Å². The molecule has 0 fully saturated rings. The summed E-state index contributed by atoms with van der Waals surface area (Å²) in [6, 6.07) is 0. The Morgan fingerprint density at radius 2 is 2.20 bits per heavy atom. The molecule has 0 heterocycles. The highest BCUT2D eigenvalue weighted by molar-refractivity contribution is 7.81. The predicted octanol–water partition coefficient (Wildman–Crippen LogP) is 1.48. The van der Waals surface area contributed by atoms with Gasteiger partial charge in [0.25, 0.3) is 0 Å². The van der Waals surface area contributed by atoms with E-state index in [9.17, 15) is 4.79 Å². The molecule has 0 amide bonds. The first-order chi connectivity index (χ1) is 4.76. The molecule has 3 heteroatoms. The van der Waals surface area contributed by atoms with E-state index < -0.39 is 0 Å². The van der Waals surface area contributed by atoms with Gasteiger partial charge in [-0.25, -0.2) is 0 Å². The molecule has 0 aromatic rings. The van der Waals surface area contributed by atoms with Crippen molar-refractivity contribution in [2.75, 3.05) is 5.75 Å². The summed E-state index contributed by atoms with van der Waals surface area (Å²) < 4.78 is 0. The summed E-state index contributed by atoms with van der Waals surface area (Å²) in [6.45, 7) is 3.55. The third kappa shape index (κ3) is 2.82. The van der Waals surface area contributed by atoms with Crippen LogP contribution in [0.25, 0.3) is 0 Å². The van der Waals surface area contributed by atoms with Crippen molar-refractivity contribution in [1.82, 2.24) is 0 Å². The van der Waals surface area contributed by atoms with E-state index >= 15 is 0 Å². The topological polar surface area (TPSA) is 29.4 Å². The van der Waals surface area contributed by atoms with E-state index in [-0.39, 0.29) is 11.5 Å². The highest BCUT2D eigenvalue weighted by Gasteiger charge is 2.01. The van der Waals surface area contributed by atoms with Crippen molar-refractivity contribution >= 4 is 24.6 Å². The third-order valence-electron chi connectivity index (χ3n) is 0.971. The van der Waals surface area contributed by atoms with Gasteiger partial charge in [0.1, 0.15) is 5.70 Å². The van der Waals surface area contributed by atoms with Gasteiger partial charge in [0.05, 0.1) is 5.75 Å². The number of hydrogen-bond donors (Lipinski definition) is 1. The number of carbonyl (C=O) groups excluding carboxylic acids is 1. The number of thiol groups is 1. The monoisotopic (exact) mass is 157 g/mol. The highest BCUT2D eigenvalue weighted by atomic mass is 32.1. The lowest BCUT2D eigenvalue weighted by atomic mass is 10.3. The number of nitrogens with zero attached hydrogens (tertiary/aromatic N) is 1. The smallest absolute Gasteiger partial charge is 0.190 e. The van der Waals surface area contributed by atoms with Gasteiger partial charge in [0, 0.05) is 6.21 Å². The molecule has 0 radical (unpaired) electrons. The SMILES string of the molecule is CC=N/C(=C\C)C(=O)CS. The van der Waals surface area contributed by atoms with Gasteiger partial charge >= 0.3 is 0 Å². The van der Waals surface area contributed by atoms with Crippen molar-refractivity contribution < 1.29 is 4.79 Å². The lowest BCUT2D eigenvalue weighted by Gasteiger charge is -1.93. The summed E-state index contributed by atoms with van der Waals surface area (Å²) >= 11 is 3.84. The standard InChI is InChI=1S/C7H11NOS/c1-3-6(8-4-2)7(9)5-10/h3-4,10H,5H2,1-2H3/b6-3-,8-4?. The van der Waals surface area contributed by atoms with Crippen LogP contribution >= 0.6 is 12.6 Å². The van der Waals surface area contributed by atoms with Gasteiger partial charge in [-0.2, -0.15) is 12.6 Å². The molecule has 0 aromatic carbocycles. The van der Waals surface area contributed by atoms with Gasteiger partial charge in [-0.1, -0.05) is 6.08 Å². The van der Waals surface area contributed by atoms with Crippen LogP contribution < -0.4 is 0 Å². The molecule has 0 N–H and O–H groups in total. The van der Waals surface area contributed by atoms with E-state index in [4.69, 9.17) is 0 Å². The van der Waals surface area contributed by atoms with E-state index in [2.05, 4.69) is 17.6 Å². The number of allylic oxidation sites excluding steroid dienone is 2. The molecule has 0 atom stereocenters. The minimum Gasteiger partial charge on any atom is -0.292 e. The summed E-state index contributed by atoms with van der Waals surface area (Å²) in [7, 11) is 0. The second kappa shape index (κ2) is 5.23. The summed E-state index contributed by atoms with van der Waals surface area (Å²) in [6.07, 6.45) is 3.27. The molecule has 0 aliphatic carbocycles. The third-order valence-corrected chi connectivity index (χ3v) is 1.26. The molecule has 56 valence electrons. The van der Waals surface area contributed by atoms with Crippen LogP contribution in [0.4, 0.5) is 0 Å². The minimum absolute atomic E-state index is 0.0380. The van der Waals surface area contributed by atoms with Gasteiger partial charge in [0.2, 0.25) is 0 Å². The Bertz CT molecular complexity index is 172. The van der Waals surface area contributed by atoms with Crippen molar-refractivity contribution in [2.45, 2.75) is 13.8 Å². The Hall–Kier alpha value is -0.570. The summed E-state index contributed by atoms with van der Waals surface area (Å²) in [5.41, 5.74) is 0.484. The van der Waals surface area contributed by atoms with Gasteiger partial charge in [-0.15, -0.1) is 0 Å². The fourth-order valence-corrected chi connectivity index (χ4v) is 0.690.